The number of carbonyl (C=O) groups excluding carboxylic acids is 2. The number of halogens is 1. The molecule has 0 saturated carbocycles. The molecule has 0 radical (unpaired) electrons. The van der Waals surface area contributed by atoms with E-state index in [0.717, 1.165) is 27.4 Å². The highest BCUT2D eigenvalue weighted by Crippen LogP contribution is 2.27. The maximum absolute atomic E-state index is 14.5. The fraction of sp³-hybridized carbons (Fsp3) is 0.257. The van der Waals surface area contributed by atoms with Gasteiger partial charge in [-0.1, -0.05) is 107 Å². The van der Waals surface area contributed by atoms with Crippen LogP contribution in [0.4, 0.5) is 5.69 Å². The van der Waals surface area contributed by atoms with Crippen LogP contribution in [0.25, 0.3) is 0 Å². The van der Waals surface area contributed by atoms with Gasteiger partial charge in [0.25, 0.3) is 10.0 Å². The van der Waals surface area contributed by atoms with E-state index in [-0.39, 0.29) is 29.8 Å². The zero-order chi connectivity index (χ0) is 31.7. The van der Waals surface area contributed by atoms with Crippen molar-refractivity contribution >= 4 is 43.5 Å². The third kappa shape index (κ3) is 8.57. The second kappa shape index (κ2) is 15.2. The van der Waals surface area contributed by atoms with E-state index >= 15 is 0 Å². The van der Waals surface area contributed by atoms with Crippen LogP contribution in [0.2, 0.25) is 0 Å². The van der Waals surface area contributed by atoms with E-state index in [1.807, 2.05) is 81.4 Å². The Kier molecular flexibility index (Phi) is 11.4. The minimum atomic E-state index is -4.15. The lowest BCUT2D eigenvalue weighted by Crippen LogP contribution is -2.54. The predicted molar refractivity (Wildman–Crippen MR) is 179 cm³/mol. The first-order valence-electron chi connectivity index (χ1n) is 14.6. The molecule has 0 aliphatic carbocycles. The highest BCUT2D eigenvalue weighted by Gasteiger charge is 2.35. The SMILES string of the molecule is CC[C@H](C)NC(=O)[C@H](Cc1ccccc1)N(Cc1ccccc1)C(=O)CN(c1cccc(Br)c1)S(=O)(=O)c1ccc(C)cc1. The van der Waals surface area contributed by atoms with Gasteiger partial charge >= 0.3 is 0 Å². The average molecular weight is 677 g/mol. The minimum absolute atomic E-state index is 0.0702. The molecule has 1 N–H and O–H groups in total. The normalized spacial score (nSPS) is 12.6. The van der Waals surface area contributed by atoms with Crippen molar-refractivity contribution in [1.29, 1.82) is 0 Å². The number of nitrogens with one attached hydrogen (secondary N) is 1. The van der Waals surface area contributed by atoms with Gasteiger partial charge in [0, 0.05) is 23.5 Å². The summed E-state index contributed by atoms with van der Waals surface area (Å²) in [4.78, 5) is 29.9. The maximum atomic E-state index is 14.5. The largest absolute Gasteiger partial charge is 0.352 e. The quantitative estimate of drug-likeness (QED) is 0.175. The Labute approximate surface area is 269 Å². The lowest BCUT2D eigenvalue weighted by atomic mass is 10.0. The van der Waals surface area contributed by atoms with E-state index in [1.54, 1.807) is 48.5 Å². The molecule has 0 spiro atoms. The van der Waals surface area contributed by atoms with Crippen LogP contribution in [0, 0.1) is 6.92 Å². The molecule has 4 aromatic carbocycles. The molecule has 2 atom stereocenters. The van der Waals surface area contributed by atoms with Gasteiger partial charge in [0.15, 0.2) is 0 Å². The Morgan fingerprint density at radius 1 is 0.841 bits per heavy atom. The predicted octanol–water partition coefficient (Wildman–Crippen LogP) is 6.51. The summed E-state index contributed by atoms with van der Waals surface area (Å²) in [5, 5.41) is 3.05. The molecule has 0 heterocycles. The van der Waals surface area contributed by atoms with Gasteiger partial charge in [0.1, 0.15) is 12.6 Å². The Morgan fingerprint density at radius 2 is 1.45 bits per heavy atom. The van der Waals surface area contributed by atoms with Crippen molar-refractivity contribution in [3.05, 3.63) is 130 Å². The molecule has 230 valence electrons. The number of rotatable bonds is 13. The van der Waals surface area contributed by atoms with Crippen LogP contribution in [-0.4, -0.2) is 43.8 Å². The van der Waals surface area contributed by atoms with Crippen molar-refractivity contribution in [2.75, 3.05) is 10.8 Å². The Hall–Kier alpha value is -3.95. The molecule has 0 unspecified atom stereocenters. The Balaban J connectivity index is 1.79. The lowest BCUT2D eigenvalue weighted by molar-refractivity contribution is -0.140. The zero-order valence-corrected chi connectivity index (χ0v) is 27.6. The van der Waals surface area contributed by atoms with Gasteiger partial charge in [-0.2, -0.15) is 0 Å². The number of sulfonamides is 1. The third-order valence-corrected chi connectivity index (χ3v) is 9.73. The van der Waals surface area contributed by atoms with Gasteiger partial charge in [-0.25, -0.2) is 8.42 Å². The molecule has 2 amide bonds. The van der Waals surface area contributed by atoms with Gasteiger partial charge in [0.2, 0.25) is 11.8 Å². The van der Waals surface area contributed by atoms with Crippen molar-refractivity contribution in [1.82, 2.24) is 10.2 Å². The van der Waals surface area contributed by atoms with E-state index in [9.17, 15) is 18.0 Å². The number of amides is 2. The van der Waals surface area contributed by atoms with Crippen molar-refractivity contribution in [3.63, 3.8) is 0 Å². The average Bonchev–Trinajstić information content (AvgIpc) is 3.02. The standard InChI is InChI=1S/C35H38BrN3O4S/c1-4-27(3)37-35(41)33(22-28-12-7-5-8-13-28)38(24-29-14-9-6-10-15-29)34(40)25-39(31-17-11-16-30(36)23-31)44(42,43)32-20-18-26(2)19-21-32/h5-21,23,27,33H,4,22,24-25H2,1-3H3,(H,37,41)/t27-,33-/m0/s1. The summed E-state index contributed by atoms with van der Waals surface area (Å²) in [5.41, 5.74) is 2.96. The summed E-state index contributed by atoms with van der Waals surface area (Å²) >= 11 is 3.44. The minimum Gasteiger partial charge on any atom is -0.352 e. The molecular formula is C35H38BrN3O4S. The van der Waals surface area contributed by atoms with Crippen molar-refractivity contribution in [2.24, 2.45) is 0 Å². The second-order valence-electron chi connectivity index (χ2n) is 10.8. The first-order chi connectivity index (χ1) is 21.1. The lowest BCUT2D eigenvalue weighted by Gasteiger charge is -2.34. The zero-order valence-electron chi connectivity index (χ0n) is 25.2. The van der Waals surface area contributed by atoms with Crippen LogP contribution in [0.3, 0.4) is 0 Å². The van der Waals surface area contributed by atoms with Crippen LogP contribution >= 0.6 is 15.9 Å². The van der Waals surface area contributed by atoms with Crippen molar-refractivity contribution < 1.29 is 18.0 Å². The third-order valence-electron chi connectivity index (χ3n) is 7.45. The van der Waals surface area contributed by atoms with Gasteiger partial charge in [0.05, 0.1) is 10.6 Å². The van der Waals surface area contributed by atoms with E-state index in [2.05, 4.69) is 21.2 Å². The maximum Gasteiger partial charge on any atom is 0.264 e. The van der Waals surface area contributed by atoms with Crippen LogP contribution < -0.4 is 9.62 Å². The number of benzene rings is 4. The van der Waals surface area contributed by atoms with Gasteiger partial charge in [-0.05, 0) is 61.7 Å². The fourth-order valence-corrected chi connectivity index (χ4v) is 6.57. The summed E-state index contributed by atoms with van der Waals surface area (Å²) in [7, 11) is -4.15. The Morgan fingerprint density at radius 3 is 2.05 bits per heavy atom. The first-order valence-corrected chi connectivity index (χ1v) is 16.8. The van der Waals surface area contributed by atoms with Crippen LogP contribution in [0.15, 0.2) is 119 Å². The molecule has 44 heavy (non-hydrogen) atoms. The van der Waals surface area contributed by atoms with Gasteiger partial charge in [-0.15, -0.1) is 0 Å². The fourth-order valence-electron chi connectivity index (χ4n) is 4.77. The summed E-state index contributed by atoms with van der Waals surface area (Å²) in [5.74, 6) is -0.785. The second-order valence-corrected chi connectivity index (χ2v) is 13.6. The van der Waals surface area contributed by atoms with Crippen LogP contribution in [0.5, 0.6) is 0 Å². The molecule has 0 bridgehead atoms. The molecule has 0 saturated heterocycles. The molecule has 4 aromatic rings. The summed E-state index contributed by atoms with van der Waals surface area (Å²) in [6, 6.07) is 31.3. The molecule has 0 aliphatic rings. The number of anilines is 1. The van der Waals surface area contributed by atoms with Crippen LogP contribution in [-0.2, 0) is 32.6 Å². The smallest absolute Gasteiger partial charge is 0.264 e. The summed E-state index contributed by atoms with van der Waals surface area (Å²) in [6.07, 6.45) is 0.991. The number of hydrogen-bond donors (Lipinski definition) is 1. The molecule has 7 nitrogen and oxygen atoms in total. The molecule has 9 heteroatoms. The number of aryl methyl sites for hydroxylation is 1. The van der Waals surface area contributed by atoms with Gasteiger partial charge < -0.3 is 10.2 Å². The molecule has 0 aromatic heterocycles. The monoisotopic (exact) mass is 675 g/mol. The van der Waals surface area contributed by atoms with Crippen LogP contribution in [0.1, 0.15) is 37.0 Å². The topological polar surface area (TPSA) is 86.8 Å². The summed E-state index contributed by atoms with van der Waals surface area (Å²) < 4.78 is 30.0. The summed E-state index contributed by atoms with van der Waals surface area (Å²) in [6.45, 7) is 5.41. The highest BCUT2D eigenvalue weighted by molar-refractivity contribution is 9.10. The highest BCUT2D eigenvalue weighted by atomic mass is 79.9. The molecule has 4 rings (SSSR count). The molecule has 0 fully saturated rings. The number of hydrogen-bond acceptors (Lipinski definition) is 4. The van der Waals surface area contributed by atoms with Crippen molar-refractivity contribution in [3.8, 4) is 0 Å². The molecule has 0 aliphatic heterocycles. The van der Waals surface area contributed by atoms with Crippen molar-refractivity contribution in [2.45, 2.75) is 57.1 Å². The van der Waals surface area contributed by atoms with E-state index in [4.69, 9.17) is 0 Å². The number of carbonyl (C=O) groups is 2. The first kappa shape index (κ1) is 33.0. The van der Waals surface area contributed by atoms with E-state index in [0.29, 0.717) is 10.2 Å². The van der Waals surface area contributed by atoms with Gasteiger partial charge in [-0.3, -0.25) is 13.9 Å². The van der Waals surface area contributed by atoms with E-state index in [1.165, 1.54) is 4.90 Å². The Bertz CT molecular complexity index is 1650. The van der Waals surface area contributed by atoms with E-state index < -0.39 is 28.5 Å². The molecular weight excluding hydrogens is 638 g/mol. The number of nitrogens with zero attached hydrogens (tertiary/aromatic N) is 2.